The highest BCUT2D eigenvalue weighted by molar-refractivity contribution is 7.89. The smallest absolute Gasteiger partial charge is 0.243 e. The van der Waals surface area contributed by atoms with Crippen LogP contribution in [0.15, 0.2) is 40.2 Å². The van der Waals surface area contributed by atoms with Crippen LogP contribution in [0.2, 0.25) is 0 Å². The fraction of sp³-hybridized carbons (Fsp3) is 0.667. The van der Waals surface area contributed by atoms with E-state index in [-0.39, 0.29) is 0 Å². The first-order chi connectivity index (χ1) is 14.0. The molecule has 3 rings (SSSR count). The largest absolute Gasteiger partial charge is 0.381 e. The standard InChI is InChI=1S/C21H34N4O3S/c1-3-22-21(24(2)16-19-11-14-28-17-19)23-15-18-9-12-25(13-10-18)29(26,27)20-7-5-4-6-8-20/h4-8,18-19H,3,9-17H2,1-2H3,(H,22,23). The van der Waals surface area contributed by atoms with Gasteiger partial charge in [-0.1, -0.05) is 18.2 Å². The molecule has 2 aliphatic rings. The SMILES string of the molecule is CCNC(=NCC1CCN(S(=O)(=O)c2ccccc2)CC1)N(C)CC1CCOC1. The number of ether oxygens (including phenoxy) is 1. The van der Waals surface area contributed by atoms with Crippen LogP contribution < -0.4 is 5.32 Å². The molecule has 0 bridgehead atoms. The molecule has 0 aliphatic carbocycles. The molecule has 162 valence electrons. The first-order valence-corrected chi connectivity index (χ1v) is 12.1. The van der Waals surface area contributed by atoms with Crippen molar-refractivity contribution < 1.29 is 13.2 Å². The van der Waals surface area contributed by atoms with Crippen molar-refractivity contribution in [1.29, 1.82) is 0 Å². The molecule has 0 saturated carbocycles. The average molecular weight is 423 g/mol. The van der Waals surface area contributed by atoms with Crippen LogP contribution in [0, 0.1) is 11.8 Å². The van der Waals surface area contributed by atoms with E-state index in [1.54, 1.807) is 28.6 Å². The molecule has 8 heteroatoms. The molecule has 1 aromatic rings. The van der Waals surface area contributed by atoms with Crippen LogP contribution in [0.1, 0.15) is 26.2 Å². The van der Waals surface area contributed by atoms with Gasteiger partial charge in [0.15, 0.2) is 5.96 Å². The Bertz CT molecular complexity index is 755. The lowest BCUT2D eigenvalue weighted by Gasteiger charge is -2.31. The Kier molecular flexibility index (Phi) is 7.91. The molecule has 0 radical (unpaired) electrons. The van der Waals surface area contributed by atoms with Crippen molar-refractivity contribution in [2.24, 2.45) is 16.8 Å². The van der Waals surface area contributed by atoms with Crippen molar-refractivity contribution in [3.05, 3.63) is 30.3 Å². The number of rotatable bonds is 7. The van der Waals surface area contributed by atoms with E-state index in [1.165, 1.54) is 0 Å². The summed E-state index contributed by atoms with van der Waals surface area (Å²) >= 11 is 0. The normalized spacial score (nSPS) is 22.0. The number of guanidine groups is 1. The monoisotopic (exact) mass is 422 g/mol. The zero-order valence-corrected chi connectivity index (χ0v) is 18.4. The molecule has 29 heavy (non-hydrogen) atoms. The number of nitrogens with zero attached hydrogens (tertiary/aromatic N) is 3. The van der Waals surface area contributed by atoms with Crippen LogP contribution in [0.3, 0.4) is 0 Å². The summed E-state index contributed by atoms with van der Waals surface area (Å²) in [5, 5.41) is 3.38. The lowest BCUT2D eigenvalue weighted by atomic mass is 9.98. The lowest BCUT2D eigenvalue weighted by Crippen LogP contribution is -2.42. The molecular weight excluding hydrogens is 388 g/mol. The molecular formula is C21H34N4O3S. The maximum absolute atomic E-state index is 12.8. The van der Waals surface area contributed by atoms with Gasteiger partial charge in [-0.25, -0.2) is 8.42 Å². The molecule has 1 aromatic carbocycles. The van der Waals surface area contributed by atoms with E-state index < -0.39 is 10.0 Å². The number of aliphatic imine (C=N–C) groups is 1. The molecule has 2 aliphatic heterocycles. The average Bonchev–Trinajstić information content (AvgIpc) is 3.25. The Labute approximate surface area is 175 Å². The van der Waals surface area contributed by atoms with Crippen LogP contribution in [0.25, 0.3) is 0 Å². The van der Waals surface area contributed by atoms with Crippen molar-refractivity contribution in [2.75, 3.05) is 53.0 Å². The molecule has 1 N–H and O–H groups in total. The number of hydrogen-bond acceptors (Lipinski definition) is 4. The van der Waals surface area contributed by atoms with E-state index >= 15 is 0 Å². The predicted octanol–water partition coefficient (Wildman–Crippen LogP) is 2.02. The molecule has 1 atom stereocenters. The quantitative estimate of drug-likeness (QED) is 0.538. The van der Waals surface area contributed by atoms with E-state index in [4.69, 9.17) is 9.73 Å². The summed E-state index contributed by atoms with van der Waals surface area (Å²) in [6, 6.07) is 8.71. The Morgan fingerprint density at radius 2 is 1.93 bits per heavy atom. The van der Waals surface area contributed by atoms with Gasteiger partial charge in [0, 0.05) is 52.3 Å². The Morgan fingerprint density at radius 1 is 1.21 bits per heavy atom. The van der Waals surface area contributed by atoms with Gasteiger partial charge in [-0.2, -0.15) is 4.31 Å². The summed E-state index contributed by atoms with van der Waals surface area (Å²) in [6.07, 6.45) is 2.79. The van der Waals surface area contributed by atoms with Gasteiger partial charge in [-0.3, -0.25) is 4.99 Å². The number of benzene rings is 1. The fourth-order valence-electron chi connectivity index (χ4n) is 3.96. The Morgan fingerprint density at radius 3 is 2.55 bits per heavy atom. The summed E-state index contributed by atoms with van der Waals surface area (Å²) in [5.74, 6) is 1.91. The zero-order valence-electron chi connectivity index (χ0n) is 17.6. The third-order valence-electron chi connectivity index (χ3n) is 5.71. The van der Waals surface area contributed by atoms with Crippen LogP contribution in [-0.2, 0) is 14.8 Å². The molecule has 2 saturated heterocycles. The minimum atomic E-state index is -3.39. The maximum Gasteiger partial charge on any atom is 0.243 e. The van der Waals surface area contributed by atoms with Gasteiger partial charge in [0.25, 0.3) is 0 Å². The predicted molar refractivity (Wildman–Crippen MR) is 115 cm³/mol. The van der Waals surface area contributed by atoms with E-state index in [0.717, 1.165) is 58.1 Å². The minimum absolute atomic E-state index is 0.378. The van der Waals surface area contributed by atoms with Crippen LogP contribution >= 0.6 is 0 Å². The first kappa shape index (κ1) is 22.1. The highest BCUT2D eigenvalue weighted by atomic mass is 32.2. The van der Waals surface area contributed by atoms with Gasteiger partial charge in [0.2, 0.25) is 10.0 Å². The van der Waals surface area contributed by atoms with Gasteiger partial charge >= 0.3 is 0 Å². The van der Waals surface area contributed by atoms with E-state index in [0.29, 0.717) is 29.8 Å². The van der Waals surface area contributed by atoms with E-state index in [9.17, 15) is 8.42 Å². The minimum Gasteiger partial charge on any atom is -0.381 e. The van der Waals surface area contributed by atoms with Gasteiger partial charge in [-0.05, 0) is 44.2 Å². The second-order valence-corrected chi connectivity index (χ2v) is 9.90. The molecule has 0 spiro atoms. The van der Waals surface area contributed by atoms with Crippen LogP contribution in [0.4, 0.5) is 0 Å². The van der Waals surface area contributed by atoms with Gasteiger partial charge in [0.05, 0.1) is 11.5 Å². The van der Waals surface area contributed by atoms with E-state index in [2.05, 4.69) is 24.2 Å². The van der Waals surface area contributed by atoms with Crippen LogP contribution in [-0.4, -0.2) is 76.6 Å². The summed E-state index contributed by atoms with van der Waals surface area (Å²) in [5.41, 5.74) is 0. The Hall–Kier alpha value is -1.64. The third kappa shape index (κ3) is 5.93. The highest BCUT2D eigenvalue weighted by Crippen LogP contribution is 2.24. The number of sulfonamides is 1. The van der Waals surface area contributed by atoms with Crippen molar-refractivity contribution in [3.8, 4) is 0 Å². The van der Waals surface area contributed by atoms with Gasteiger partial charge in [-0.15, -0.1) is 0 Å². The third-order valence-corrected chi connectivity index (χ3v) is 7.62. The van der Waals surface area contributed by atoms with Gasteiger partial charge < -0.3 is 15.0 Å². The highest BCUT2D eigenvalue weighted by Gasteiger charge is 2.29. The second kappa shape index (κ2) is 10.4. The summed E-state index contributed by atoms with van der Waals surface area (Å²) in [7, 11) is -1.31. The number of nitrogens with one attached hydrogen (secondary N) is 1. The van der Waals surface area contributed by atoms with Crippen LogP contribution in [0.5, 0.6) is 0 Å². The molecule has 2 fully saturated rings. The van der Waals surface area contributed by atoms with E-state index in [1.807, 2.05) is 6.07 Å². The van der Waals surface area contributed by atoms with Crippen molar-refractivity contribution in [1.82, 2.24) is 14.5 Å². The second-order valence-electron chi connectivity index (χ2n) is 7.97. The molecule has 0 aromatic heterocycles. The zero-order chi connectivity index (χ0) is 20.7. The summed E-state index contributed by atoms with van der Waals surface area (Å²) in [4.78, 5) is 7.42. The topological polar surface area (TPSA) is 74.2 Å². The number of piperidine rings is 1. The molecule has 2 heterocycles. The van der Waals surface area contributed by atoms with Gasteiger partial charge in [0.1, 0.15) is 0 Å². The van der Waals surface area contributed by atoms with Crippen molar-refractivity contribution in [2.45, 2.75) is 31.1 Å². The fourth-order valence-corrected chi connectivity index (χ4v) is 5.45. The summed E-state index contributed by atoms with van der Waals surface area (Å²) in [6.45, 7) is 7.39. The maximum atomic E-state index is 12.8. The molecule has 1 unspecified atom stereocenters. The lowest BCUT2D eigenvalue weighted by molar-refractivity contribution is 0.181. The van der Waals surface area contributed by atoms with Crippen molar-refractivity contribution >= 4 is 16.0 Å². The first-order valence-electron chi connectivity index (χ1n) is 10.6. The molecule has 0 amide bonds. The Balaban J connectivity index is 1.53. The number of hydrogen-bond donors (Lipinski definition) is 1. The molecule has 7 nitrogen and oxygen atoms in total. The summed E-state index contributed by atoms with van der Waals surface area (Å²) < 4.78 is 32.6. The van der Waals surface area contributed by atoms with Crippen molar-refractivity contribution in [3.63, 3.8) is 0 Å².